The third-order valence-corrected chi connectivity index (χ3v) is 6.43. The summed E-state index contributed by atoms with van der Waals surface area (Å²) < 4.78 is 0. The molecule has 1 atom stereocenters. The van der Waals surface area contributed by atoms with Crippen LogP contribution in [0.4, 0.5) is 5.69 Å². The lowest BCUT2D eigenvalue weighted by Gasteiger charge is -2.33. The van der Waals surface area contributed by atoms with Crippen molar-refractivity contribution in [1.29, 1.82) is 0 Å². The largest absolute Gasteiger partial charge is 0.177 e. The molecule has 2 rings (SSSR count). The van der Waals surface area contributed by atoms with Gasteiger partial charge in [-0.15, -0.1) is 0 Å². The van der Waals surface area contributed by atoms with Gasteiger partial charge >= 0.3 is 0 Å². The molecule has 0 fully saturated rings. The van der Waals surface area contributed by atoms with Gasteiger partial charge in [0.25, 0.3) is 0 Å². The number of alkyl halides is 2. The summed E-state index contributed by atoms with van der Waals surface area (Å²) in [5, 5.41) is 9.63. The second-order valence-electron chi connectivity index (χ2n) is 5.97. The maximum absolute atomic E-state index is 4.41. The predicted molar refractivity (Wildman–Crippen MR) is 106 cm³/mol. The maximum Gasteiger partial charge on any atom is 0.107 e. The van der Waals surface area contributed by atoms with Crippen molar-refractivity contribution in [3.05, 3.63) is 54.6 Å². The van der Waals surface area contributed by atoms with Gasteiger partial charge in [-0.05, 0) is 18.6 Å². The quantitative estimate of drug-likeness (QED) is 0.180. The first-order chi connectivity index (χ1) is 11.2. The van der Waals surface area contributed by atoms with E-state index in [9.17, 15) is 0 Å². The summed E-state index contributed by atoms with van der Waals surface area (Å²) in [4.78, 5) is 0.445. The average molecular weight is 440 g/mol. The highest BCUT2D eigenvalue weighted by molar-refractivity contribution is 9.10. The zero-order valence-electron chi connectivity index (χ0n) is 13.5. The van der Waals surface area contributed by atoms with Gasteiger partial charge in [0, 0.05) is 15.6 Å². The van der Waals surface area contributed by atoms with Crippen molar-refractivity contribution < 1.29 is 0 Å². The summed E-state index contributed by atoms with van der Waals surface area (Å²) in [6.07, 6.45) is 13.9. The molecule has 0 aliphatic heterocycles. The Bertz CT molecular complexity index is 538. The number of nitrogens with zero attached hydrogens (tertiary/aromatic N) is 2. The van der Waals surface area contributed by atoms with Gasteiger partial charge in [-0.25, -0.2) is 0 Å². The molecule has 1 aromatic carbocycles. The molecular formula is C19H24Br2N2. The molecule has 0 amide bonds. The smallest absolute Gasteiger partial charge is 0.107 e. The third kappa shape index (κ3) is 5.39. The molecule has 0 N–H and O–H groups in total. The molecule has 1 aromatic rings. The topological polar surface area (TPSA) is 24.7 Å². The number of halogens is 2. The van der Waals surface area contributed by atoms with E-state index in [0.717, 1.165) is 11.0 Å². The molecule has 0 saturated heterocycles. The number of rotatable bonds is 8. The Balaban J connectivity index is 1.97. The zero-order valence-corrected chi connectivity index (χ0v) is 16.7. The van der Waals surface area contributed by atoms with E-state index in [1.165, 1.54) is 25.7 Å². The highest BCUT2D eigenvalue weighted by Gasteiger charge is 2.33. The van der Waals surface area contributed by atoms with Crippen LogP contribution in [0.1, 0.15) is 32.6 Å². The molecule has 1 aliphatic carbocycles. The summed E-state index contributed by atoms with van der Waals surface area (Å²) in [5.41, 5.74) is 0.927. The van der Waals surface area contributed by atoms with Gasteiger partial charge in [-0.2, -0.15) is 10.2 Å². The first-order valence-electron chi connectivity index (χ1n) is 8.25. The standard InChI is InChI=1S/C19H24Br2N2/c1-2-3-5-10-18(21)19(15-20)13-11-17(12-14-19)23-22-16-8-6-4-7-9-16/h4,6-9,11-14,17-18H,2-3,5,10,15H2,1H3/b23-22+. The minimum Gasteiger partial charge on any atom is -0.177 e. The molecular weight excluding hydrogens is 416 g/mol. The summed E-state index contributed by atoms with van der Waals surface area (Å²) in [6, 6.07) is 9.89. The maximum atomic E-state index is 4.41. The minimum atomic E-state index is 0.0257. The van der Waals surface area contributed by atoms with Gasteiger partial charge in [0.15, 0.2) is 0 Å². The number of hydrogen-bond donors (Lipinski definition) is 0. The first kappa shape index (κ1) is 18.6. The zero-order chi connectivity index (χ0) is 16.5. The van der Waals surface area contributed by atoms with Crippen LogP contribution in [0.15, 0.2) is 64.9 Å². The van der Waals surface area contributed by atoms with E-state index < -0.39 is 0 Å². The SMILES string of the molecule is CCCCCC(Br)C1(CBr)C=CC(/N=N/c2ccccc2)C=C1. The Morgan fingerprint density at radius 1 is 1.13 bits per heavy atom. The number of benzene rings is 1. The van der Waals surface area contributed by atoms with Crippen molar-refractivity contribution in [2.24, 2.45) is 15.6 Å². The van der Waals surface area contributed by atoms with Gasteiger partial charge in [0.1, 0.15) is 6.04 Å². The molecule has 1 aliphatic rings. The van der Waals surface area contributed by atoms with Crippen LogP contribution in [0.2, 0.25) is 0 Å². The Labute approximate surface area is 156 Å². The van der Waals surface area contributed by atoms with Crippen molar-refractivity contribution in [2.75, 3.05) is 5.33 Å². The fourth-order valence-corrected chi connectivity index (χ4v) is 4.59. The van der Waals surface area contributed by atoms with Gasteiger partial charge in [0.05, 0.1) is 5.69 Å². The first-order valence-corrected chi connectivity index (χ1v) is 10.3. The average Bonchev–Trinajstić information content (AvgIpc) is 2.61. The molecule has 0 bridgehead atoms. The van der Waals surface area contributed by atoms with Crippen LogP contribution in [0.3, 0.4) is 0 Å². The summed E-state index contributed by atoms with van der Waals surface area (Å²) in [7, 11) is 0. The van der Waals surface area contributed by atoms with Crippen LogP contribution in [0.5, 0.6) is 0 Å². The Hall–Kier alpha value is -0.740. The van der Waals surface area contributed by atoms with E-state index in [1.807, 2.05) is 30.3 Å². The molecule has 1 unspecified atom stereocenters. The van der Waals surface area contributed by atoms with E-state index in [-0.39, 0.29) is 11.5 Å². The second-order valence-corrected chi connectivity index (χ2v) is 7.64. The molecule has 4 heteroatoms. The lowest BCUT2D eigenvalue weighted by atomic mass is 9.80. The fourth-order valence-electron chi connectivity index (χ4n) is 2.60. The monoisotopic (exact) mass is 438 g/mol. The molecule has 0 heterocycles. The Morgan fingerprint density at radius 3 is 2.43 bits per heavy atom. The number of unbranched alkanes of at least 4 members (excludes halogenated alkanes) is 2. The van der Waals surface area contributed by atoms with E-state index in [2.05, 4.69) is 73.3 Å². The van der Waals surface area contributed by atoms with Crippen LogP contribution >= 0.6 is 31.9 Å². The van der Waals surface area contributed by atoms with Crippen molar-refractivity contribution in [1.82, 2.24) is 0 Å². The summed E-state index contributed by atoms with van der Waals surface area (Å²) in [5.74, 6) is 0. The fraction of sp³-hybridized carbons (Fsp3) is 0.474. The molecule has 0 radical (unpaired) electrons. The molecule has 0 spiro atoms. The van der Waals surface area contributed by atoms with E-state index in [1.54, 1.807) is 0 Å². The summed E-state index contributed by atoms with van der Waals surface area (Å²) in [6.45, 7) is 2.24. The van der Waals surface area contributed by atoms with Crippen molar-refractivity contribution in [3.8, 4) is 0 Å². The van der Waals surface area contributed by atoms with Crippen LogP contribution in [-0.2, 0) is 0 Å². The van der Waals surface area contributed by atoms with Crippen LogP contribution < -0.4 is 0 Å². The normalized spacial score (nSPS) is 25.1. The van der Waals surface area contributed by atoms with E-state index in [0.29, 0.717) is 4.83 Å². The molecule has 0 saturated carbocycles. The van der Waals surface area contributed by atoms with E-state index in [4.69, 9.17) is 0 Å². The summed E-state index contributed by atoms with van der Waals surface area (Å²) >= 11 is 7.58. The van der Waals surface area contributed by atoms with Crippen LogP contribution in [0.25, 0.3) is 0 Å². The van der Waals surface area contributed by atoms with Crippen LogP contribution in [-0.4, -0.2) is 16.2 Å². The molecule has 0 aromatic heterocycles. The highest BCUT2D eigenvalue weighted by atomic mass is 79.9. The number of hydrogen-bond acceptors (Lipinski definition) is 2. The molecule has 124 valence electrons. The second kappa shape index (κ2) is 9.53. The van der Waals surface area contributed by atoms with Gasteiger partial charge in [-0.1, -0.05) is 101 Å². The van der Waals surface area contributed by atoms with Crippen LogP contribution in [0, 0.1) is 5.41 Å². The van der Waals surface area contributed by atoms with Crippen molar-refractivity contribution in [2.45, 2.75) is 43.5 Å². The lowest BCUT2D eigenvalue weighted by Crippen LogP contribution is -2.31. The van der Waals surface area contributed by atoms with Gasteiger partial charge < -0.3 is 0 Å². The number of azo groups is 1. The highest BCUT2D eigenvalue weighted by Crippen LogP contribution is 2.39. The van der Waals surface area contributed by atoms with Gasteiger partial charge in [-0.3, -0.25) is 0 Å². The third-order valence-electron chi connectivity index (χ3n) is 4.15. The number of allylic oxidation sites excluding steroid dienone is 2. The van der Waals surface area contributed by atoms with E-state index >= 15 is 0 Å². The van der Waals surface area contributed by atoms with Gasteiger partial charge in [0.2, 0.25) is 0 Å². The Morgan fingerprint density at radius 2 is 1.83 bits per heavy atom. The molecule has 2 nitrogen and oxygen atoms in total. The Kier molecular flexibility index (Phi) is 7.71. The lowest BCUT2D eigenvalue weighted by molar-refractivity contribution is 0.486. The molecule has 23 heavy (non-hydrogen) atoms. The van der Waals surface area contributed by atoms with Crippen molar-refractivity contribution in [3.63, 3.8) is 0 Å². The predicted octanol–water partition coefficient (Wildman–Crippen LogP) is 6.99. The minimum absolute atomic E-state index is 0.0257. The van der Waals surface area contributed by atoms with Crippen molar-refractivity contribution >= 4 is 37.5 Å².